The lowest BCUT2D eigenvalue weighted by Crippen LogP contribution is -2.45. The molecule has 0 aromatic carbocycles. The van der Waals surface area contributed by atoms with Gasteiger partial charge in [-0.1, -0.05) is 5.16 Å². The Kier molecular flexibility index (Phi) is 6.98. The molecule has 1 unspecified atom stereocenters. The molecule has 6 nitrogen and oxygen atoms in total. The monoisotopic (exact) mass is 302 g/mol. The Morgan fingerprint density at radius 3 is 3.05 bits per heavy atom. The summed E-state index contributed by atoms with van der Waals surface area (Å²) in [6.07, 6.45) is 2.90. The molecular weight excluding hydrogens is 280 g/mol. The van der Waals surface area contributed by atoms with Crippen LogP contribution in [0.2, 0.25) is 0 Å². The summed E-state index contributed by atoms with van der Waals surface area (Å²) in [5.74, 6) is 1.18. The van der Waals surface area contributed by atoms with Crippen molar-refractivity contribution >= 4 is 24.1 Å². The number of carbonyl (C=O) groups excluding carboxylic acids is 1. The first-order chi connectivity index (χ1) is 9.17. The molecule has 1 aliphatic heterocycles. The van der Waals surface area contributed by atoms with Crippen LogP contribution in [0.3, 0.4) is 0 Å². The number of piperidine rings is 1. The molecule has 1 aromatic rings. The van der Waals surface area contributed by atoms with Crippen LogP contribution in [-0.4, -0.2) is 48.7 Å². The third-order valence-corrected chi connectivity index (χ3v) is 3.46. The molecule has 1 aliphatic rings. The second-order valence-corrected chi connectivity index (χ2v) is 5.05. The zero-order valence-corrected chi connectivity index (χ0v) is 12.8. The number of anilines is 1. The molecule has 2 heterocycles. The standard InChI is InChI=1S/C13H22N4O2.ClH/c1-10-8-12(16-19-10)15-13(18)5-7-17-6-3-4-11(9-17)14-2;/h8,11,14H,3-7,9H2,1-2H3,(H,15,16,18);1H. The maximum absolute atomic E-state index is 11.8. The van der Waals surface area contributed by atoms with Gasteiger partial charge >= 0.3 is 0 Å². The number of amides is 1. The van der Waals surface area contributed by atoms with Gasteiger partial charge in [-0.3, -0.25) is 4.79 Å². The molecule has 2 rings (SSSR count). The van der Waals surface area contributed by atoms with Gasteiger partial charge in [-0.15, -0.1) is 12.4 Å². The van der Waals surface area contributed by atoms with Gasteiger partial charge in [-0.2, -0.15) is 0 Å². The predicted octanol–water partition coefficient (Wildman–Crippen LogP) is 1.42. The minimum Gasteiger partial charge on any atom is -0.360 e. The third-order valence-electron chi connectivity index (χ3n) is 3.46. The number of halogens is 1. The average Bonchev–Trinajstić information content (AvgIpc) is 2.82. The van der Waals surface area contributed by atoms with Crippen LogP contribution < -0.4 is 10.6 Å². The fourth-order valence-corrected chi connectivity index (χ4v) is 2.38. The lowest BCUT2D eigenvalue weighted by Gasteiger charge is -2.32. The van der Waals surface area contributed by atoms with Crippen LogP contribution in [0.4, 0.5) is 5.82 Å². The van der Waals surface area contributed by atoms with E-state index in [1.165, 1.54) is 12.8 Å². The first kappa shape index (κ1) is 16.9. The number of nitrogens with one attached hydrogen (secondary N) is 2. The molecule has 1 atom stereocenters. The van der Waals surface area contributed by atoms with Gasteiger partial charge in [0, 0.05) is 31.6 Å². The summed E-state index contributed by atoms with van der Waals surface area (Å²) >= 11 is 0. The van der Waals surface area contributed by atoms with Crippen molar-refractivity contribution in [3.05, 3.63) is 11.8 Å². The molecule has 0 spiro atoms. The molecule has 1 saturated heterocycles. The smallest absolute Gasteiger partial charge is 0.226 e. The third kappa shape index (κ3) is 5.11. The number of aromatic nitrogens is 1. The summed E-state index contributed by atoms with van der Waals surface area (Å²) in [7, 11) is 1.99. The van der Waals surface area contributed by atoms with Crippen molar-refractivity contribution in [2.24, 2.45) is 0 Å². The SMILES string of the molecule is CNC1CCCN(CCC(=O)Nc2cc(C)on2)C1.Cl. The molecule has 2 N–H and O–H groups in total. The van der Waals surface area contributed by atoms with Gasteiger partial charge in [-0.25, -0.2) is 0 Å². The van der Waals surface area contributed by atoms with Gasteiger partial charge in [0.2, 0.25) is 5.91 Å². The fraction of sp³-hybridized carbons (Fsp3) is 0.692. The summed E-state index contributed by atoms with van der Waals surface area (Å²) in [5, 5.41) is 9.79. The van der Waals surface area contributed by atoms with Crippen LogP contribution in [0.1, 0.15) is 25.0 Å². The first-order valence-corrected chi connectivity index (χ1v) is 6.80. The Hall–Kier alpha value is -1.11. The normalized spacial score (nSPS) is 19.4. The summed E-state index contributed by atoms with van der Waals surface area (Å²) < 4.78 is 4.91. The molecule has 1 aromatic heterocycles. The Balaban J connectivity index is 0.00000200. The van der Waals surface area contributed by atoms with E-state index >= 15 is 0 Å². The van der Waals surface area contributed by atoms with Crippen molar-refractivity contribution in [1.82, 2.24) is 15.4 Å². The lowest BCUT2D eigenvalue weighted by atomic mass is 10.1. The molecule has 7 heteroatoms. The van der Waals surface area contributed by atoms with Gasteiger partial charge < -0.3 is 20.1 Å². The van der Waals surface area contributed by atoms with E-state index in [0.717, 1.165) is 19.6 Å². The van der Waals surface area contributed by atoms with Crippen LogP contribution in [0.25, 0.3) is 0 Å². The number of hydrogen-bond acceptors (Lipinski definition) is 5. The maximum Gasteiger partial charge on any atom is 0.226 e. The number of rotatable bonds is 5. The number of likely N-dealkylation sites (N-methyl/N-ethyl adjacent to an activating group) is 1. The molecule has 1 fully saturated rings. The van der Waals surface area contributed by atoms with E-state index in [1.54, 1.807) is 13.0 Å². The molecular formula is C13H23ClN4O2. The highest BCUT2D eigenvalue weighted by Gasteiger charge is 2.18. The lowest BCUT2D eigenvalue weighted by molar-refractivity contribution is -0.116. The van der Waals surface area contributed by atoms with E-state index in [2.05, 4.69) is 20.7 Å². The fourth-order valence-electron chi connectivity index (χ4n) is 2.38. The van der Waals surface area contributed by atoms with E-state index in [0.29, 0.717) is 24.0 Å². The first-order valence-electron chi connectivity index (χ1n) is 6.80. The molecule has 0 radical (unpaired) electrons. The van der Waals surface area contributed by atoms with Gasteiger partial charge in [0.1, 0.15) is 5.76 Å². The molecule has 114 valence electrons. The summed E-state index contributed by atoms with van der Waals surface area (Å²) in [6, 6.07) is 2.27. The van der Waals surface area contributed by atoms with Crippen molar-refractivity contribution in [2.45, 2.75) is 32.2 Å². The highest BCUT2D eigenvalue weighted by molar-refractivity contribution is 5.89. The van der Waals surface area contributed by atoms with E-state index < -0.39 is 0 Å². The van der Waals surface area contributed by atoms with E-state index in [-0.39, 0.29) is 18.3 Å². The predicted molar refractivity (Wildman–Crippen MR) is 80.3 cm³/mol. The maximum atomic E-state index is 11.8. The highest BCUT2D eigenvalue weighted by atomic mass is 35.5. The van der Waals surface area contributed by atoms with Crippen LogP contribution in [0, 0.1) is 6.92 Å². The highest BCUT2D eigenvalue weighted by Crippen LogP contribution is 2.11. The van der Waals surface area contributed by atoms with Crippen LogP contribution in [0.5, 0.6) is 0 Å². The topological polar surface area (TPSA) is 70.4 Å². The van der Waals surface area contributed by atoms with Crippen LogP contribution >= 0.6 is 12.4 Å². The molecule has 0 saturated carbocycles. The van der Waals surface area contributed by atoms with Crippen molar-refractivity contribution < 1.29 is 9.32 Å². The van der Waals surface area contributed by atoms with Gasteiger partial charge in [0.15, 0.2) is 5.82 Å². The number of carbonyl (C=O) groups is 1. The van der Waals surface area contributed by atoms with E-state index in [9.17, 15) is 4.79 Å². The minimum absolute atomic E-state index is 0. The molecule has 1 amide bonds. The Bertz CT molecular complexity index is 424. The molecule has 0 bridgehead atoms. The molecule has 20 heavy (non-hydrogen) atoms. The zero-order chi connectivity index (χ0) is 13.7. The number of aryl methyl sites for hydroxylation is 1. The molecule has 0 aliphatic carbocycles. The number of nitrogens with zero attached hydrogens (tertiary/aromatic N) is 2. The van der Waals surface area contributed by atoms with E-state index in [4.69, 9.17) is 4.52 Å². The quantitative estimate of drug-likeness (QED) is 0.861. The van der Waals surface area contributed by atoms with Crippen LogP contribution in [-0.2, 0) is 4.79 Å². The number of hydrogen-bond donors (Lipinski definition) is 2. The average molecular weight is 303 g/mol. The van der Waals surface area contributed by atoms with Crippen molar-refractivity contribution in [3.8, 4) is 0 Å². The van der Waals surface area contributed by atoms with Crippen LogP contribution in [0.15, 0.2) is 10.6 Å². The summed E-state index contributed by atoms with van der Waals surface area (Å²) in [4.78, 5) is 14.1. The van der Waals surface area contributed by atoms with E-state index in [1.807, 2.05) is 7.05 Å². The van der Waals surface area contributed by atoms with Gasteiger partial charge in [-0.05, 0) is 33.4 Å². The van der Waals surface area contributed by atoms with Gasteiger partial charge in [0.25, 0.3) is 0 Å². The minimum atomic E-state index is -0.0140. The second kappa shape index (κ2) is 8.24. The van der Waals surface area contributed by atoms with Crippen molar-refractivity contribution in [1.29, 1.82) is 0 Å². The summed E-state index contributed by atoms with van der Waals surface area (Å²) in [5.41, 5.74) is 0. The Morgan fingerprint density at radius 2 is 2.40 bits per heavy atom. The zero-order valence-electron chi connectivity index (χ0n) is 12.0. The Morgan fingerprint density at radius 1 is 1.60 bits per heavy atom. The Labute approximate surface area is 125 Å². The summed E-state index contributed by atoms with van der Waals surface area (Å²) in [6.45, 7) is 4.69. The number of likely N-dealkylation sites (tertiary alicyclic amines) is 1. The van der Waals surface area contributed by atoms with Crippen molar-refractivity contribution in [3.63, 3.8) is 0 Å². The van der Waals surface area contributed by atoms with Gasteiger partial charge in [0.05, 0.1) is 0 Å². The second-order valence-electron chi connectivity index (χ2n) is 5.05. The van der Waals surface area contributed by atoms with Crippen molar-refractivity contribution in [2.75, 3.05) is 32.0 Å². The largest absolute Gasteiger partial charge is 0.360 e.